The number of aromatic nitrogens is 1. The molecule has 0 spiro atoms. The Balaban J connectivity index is 1.88. The van der Waals surface area contributed by atoms with Crippen molar-refractivity contribution in [2.24, 2.45) is 5.73 Å². The number of amides is 1. The van der Waals surface area contributed by atoms with Gasteiger partial charge in [-0.05, 0) is 45.6 Å². The Labute approximate surface area is 139 Å². The van der Waals surface area contributed by atoms with Crippen molar-refractivity contribution >= 4 is 11.6 Å². The maximum atomic E-state index is 12.8. The number of likely N-dealkylation sites (N-methyl/N-ethyl adjacent to an activating group) is 1. The topological polar surface area (TPSA) is 65.7 Å². The molecule has 1 aromatic heterocycles. The summed E-state index contributed by atoms with van der Waals surface area (Å²) in [6.07, 6.45) is 6.49. The van der Waals surface area contributed by atoms with E-state index in [1.807, 2.05) is 48.4 Å². The molecule has 1 aliphatic heterocycles. The van der Waals surface area contributed by atoms with Gasteiger partial charge in [-0.1, -0.05) is 6.42 Å². The first-order valence-corrected chi connectivity index (χ1v) is 8.43. The van der Waals surface area contributed by atoms with Crippen LogP contribution in [0.3, 0.4) is 0 Å². The Morgan fingerprint density at radius 3 is 2.43 bits per heavy atom. The van der Waals surface area contributed by atoms with Crippen LogP contribution in [0.15, 0.2) is 24.5 Å². The van der Waals surface area contributed by atoms with Crippen molar-refractivity contribution in [2.45, 2.75) is 25.3 Å². The van der Waals surface area contributed by atoms with Crippen molar-refractivity contribution in [2.75, 3.05) is 51.7 Å². The molecule has 0 radical (unpaired) electrons. The van der Waals surface area contributed by atoms with Crippen molar-refractivity contribution < 1.29 is 4.79 Å². The molecule has 1 aliphatic rings. The zero-order chi connectivity index (χ0) is 16.7. The summed E-state index contributed by atoms with van der Waals surface area (Å²) in [6, 6.07) is 4.01. The molecular formula is C17H29N5O. The van der Waals surface area contributed by atoms with Gasteiger partial charge in [0.1, 0.15) is 0 Å². The third kappa shape index (κ3) is 4.91. The number of pyridine rings is 1. The van der Waals surface area contributed by atoms with E-state index < -0.39 is 0 Å². The minimum Gasteiger partial charge on any atom is -0.368 e. The first kappa shape index (κ1) is 17.7. The fourth-order valence-electron chi connectivity index (χ4n) is 3.04. The maximum absolute atomic E-state index is 12.8. The van der Waals surface area contributed by atoms with E-state index in [4.69, 9.17) is 5.73 Å². The Kier molecular flexibility index (Phi) is 6.80. The molecule has 1 amide bonds. The molecular weight excluding hydrogens is 290 g/mol. The Morgan fingerprint density at radius 1 is 1.22 bits per heavy atom. The summed E-state index contributed by atoms with van der Waals surface area (Å²) in [5.74, 6) is 0.251. The van der Waals surface area contributed by atoms with Gasteiger partial charge in [0, 0.05) is 44.3 Å². The largest absolute Gasteiger partial charge is 0.368 e. The lowest BCUT2D eigenvalue weighted by Gasteiger charge is -2.38. The summed E-state index contributed by atoms with van der Waals surface area (Å²) >= 11 is 0. The van der Waals surface area contributed by atoms with Crippen molar-refractivity contribution in [3.05, 3.63) is 24.5 Å². The molecule has 2 rings (SSSR count). The number of nitrogens with zero attached hydrogens (tertiary/aromatic N) is 4. The number of carbonyl (C=O) groups is 1. The van der Waals surface area contributed by atoms with Crippen LogP contribution < -0.4 is 10.6 Å². The average molecular weight is 319 g/mol. The monoisotopic (exact) mass is 319 g/mol. The van der Waals surface area contributed by atoms with E-state index in [0.717, 1.165) is 45.4 Å². The zero-order valence-corrected chi connectivity index (χ0v) is 14.3. The number of unbranched alkanes of at least 4 members (excludes halogenated alkanes) is 1. The van der Waals surface area contributed by atoms with E-state index in [1.165, 1.54) is 5.69 Å². The number of nitrogens with two attached hydrogens (primary N) is 1. The molecule has 6 nitrogen and oxygen atoms in total. The number of anilines is 1. The van der Waals surface area contributed by atoms with Crippen LogP contribution in [-0.2, 0) is 4.79 Å². The quantitative estimate of drug-likeness (QED) is 0.753. The summed E-state index contributed by atoms with van der Waals surface area (Å²) < 4.78 is 0. The van der Waals surface area contributed by atoms with Gasteiger partial charge in [-0.25, -0.2) is 0 Å². The van der Waals surface area contributed by atoms with Gasteiger partial charge in [0.05, 0.1) is 6.04 Å². The normalized spacial score (nSPS) is 16.7. The minimum atomic E-state index is -0.0333. The predicted molar refractivity (Wildman–Crippen MR) is 93.4 cm³/mol. The van der Waals surface area contributed by atoms with Crippen LogP contribution in [0.2, 0.25) is 0 Å². The molecule has 23 heavy (non-hydrogen) atoms. The maximum Gasteiger partial charge on any atom is 0.240 e. The summed E-state index contributed by atoms with van der Waals surface area (Å²) in [7, 11) is 3.97. The first-order valence-electron chi connectivity index (χ1n) is 8.43. The van der Waals surface area contributed by atoms with Crippen molar-refractivity contribution in [1.82, 2.24) is 14.8 Å². The van der Waals surface area contributed by atoms with Gasteiger partial charge in [-0.3, -0.25) is 14.7 Å². The number of piperazine rings is 1. The van der Waals surface area contributed by atoms with Gasteiger partial charge in [0.2, 0.25) is 5.91 Å². The van der Waals surface area contributed by atoms with Crippen LogP contribution in [0.5, 0.6) is 0 Å². The molecule has 1 atom stereocenters. The van der Waals surface area contributed by atoms with Crippen LogP contribution in [-0.4, -0.2) is 73.6 Å². The van der Waals surface area contributed by atoms with Gasteiger partial charge in [-0.15, -0.1) is 0 Å². The van der Waals surface area contributed by atoms with E-state index in [9.17, 15) is 4.79 Å². The van der Waals surface area contributed by atoms with Crippen LogP contribution in [0.25, 0.3) is 0 Å². The van der Waals surface area contributed by atoms with Gasteiger partial charge in [0.25, 0.3) is 0 Å². The van der Waals surface area contributed by atoms with Crippen molar-refractivity contribution in [3.8, 4) is 0 Å². The van der Waals surface area contributed by atoms with E-state index in [1.54, 1.807) is 0 Å². The summed E-state index contributed by atoms with van der Waals surface area (Å²) in [6.45, 7) is 4.00. The van der Waals surface area contributed by atoms with Crippen LogP contribution in [0, 0.1) is 0 Å². The Hall–Kier alpha value is -1.66. The van der Waals surface area contributed by atoms with Gasteiger partial charge < -0.3 is 15.5 Å². The molecule has 0 unspecified atom stereocenters. The molecule has 128 valence electrons. The zero-order valence-electron chi connectivity index (χ0n) is 14.3. The van der Waals surface area contributed by atoms with Gasteiger partial charge in [-0.2, -0.15) is 0 Å². The highest BCUT2D eigenvalue weighted by Crippen LogP contribution is 2.17. The number of rotatable bonds is 7. The lowest BCUT2D eigenvalue weighted by molar-refractivity contribution is -0.136. The highest BCUT2D eigenvalue weighted by Gasteiger charge is 2.28. The van der Waals surface area contributed by atoms with E-state index in [-0.39, 0.29) is 11.9 Å². The van der Waals surface area contributed by atoms with Crippen LogP contribution in [0.4, 0.5) is 5.69 Å². The highest BCUT2D eigenvalue weighted by molar-refractivity contribution is 5.82. The van der Waals surface area contributed by atoms with Crippen LogP contribution >= 0.6 is 0 Å². The van der Waals surface area contributed by atoms with Gasteiger partial charge >= 0.3 is 0 Å². The standard InChI is InChI=1S/C17H29N5O/c1-20(2)16(5-3-4-8-18)17(23)22-13-11-21(12-14-22)15-6-9-19-10-7-15/h6-7,9-10,16H,3-5,8,11-14,18H2,1-2H3/t16-/m0/s1. The molecule has 0 saturated carbocycles. The molecule has 1 saturated heterocycles. The van der Waals surface area contributed by atoms with Gasteiger partial charge in [0.15, 0.2) is 0 Å². The second-order valence-corrected chi connectivity index (χ2v) is 6.28. The Morgan fingerprint density at radius 2 is 1.87 bits per heavy atom. The summed E-state index contributed by atoms with van der Waals surface area (Å²) in [5, 5.41) is 0. The molecule has 1 aromatic rings. The lowest BCUT2D eigenvalue weighted by atomic mass is 10.1. The average Bonchev–Trinajstić information content (AvgIpc) is 2.59. The van der Waals surface area contributed by atoms with E-state index >= 15 is 0 Å². The fourth-order valence-corrected chi connectivity index (χ4v) is 3.04. The fraction of sp³-hybridized carbons (Fsp3) is 0.647. The molecule has 1 fully saturated rings. The van der Waals surface area contributed by atoms with E-state index in [2.05, 4.69) is 9.88 Å². The van der Waals surface area contributed by atoms with Crippen molar-refractivity contribution in [1.29, 1.82) is 0 Å². The number of hydrogen-bond donors (Lipinski definition) is 1. The molecule has 2 N–H and O–H groups in total. The summed E-state index contributed by atoms with van der Waals surface area (Å²) in [4.78, 5) is 23.2. The Bertz CT molecular complexity index is 471. The highest BCUT2D eigenvalue weighted by atomic mass is 16.2. The third-order valence-corrected chi connectivity index (χ3v) is 4.46. The molecule has 6 heteroatoms. The summed E-state index contributed by atoms with van der Waals surface area (Å²) in [5.41, 5.74) is 6.74. The van der Waals surface area contributed by atoms with E-state index in [0.29, 0.717) is 6.54 Å². The first-order chi connectivity index (χ1) is 11.1. The predicted octanol–water partition coefficient (Wildman–Crippen LogP) is 0.789. The molecule has 0 aliphatic carbocycles. The minimum absolute atomic E-state index is 0.0333. The number of hydrogen-bond acceptors (Lipinski definition) is 5. The smallest absolute Gasteiger partial charge is 0.240 e. The second kappa shape index (κ2) is 8.84. The number of carbonyl (C=O) groups excluding carboxylic acids is 1. The lowest BCUT2D eigenvalue weighted by Crippen LogP contribution is -2.54. The SMILES string of the molecule is CN(C)[C@@H](CCCCN)C(=O)N1CCN(c2ccncc2)CC1. The molecule has 0 bridgehead atoms. The molecule has 0 aromatic carbocycles. The third-order valence-electron chi connectivity index (χ3n) is 4.46. The second-order valence-electron chi connectivity index (χ2n) is 6.28. The van der Waals surface area contributed by atoms with Crippen molar-refractivity contribution in [3.63, 3.8) is 0 Å². The van der Waals surface area contributed by atoms with Crippen LogP contribution in [0.1, 0.15) is 19.3 Å². The molecule has 2 heterocycles.